The Labute approximate surface area is 119 Å². The number of hydrogen-bond donors (Lipinski definition) is 3. The molecular weight excluding hydrogens is 256 g/mol. The average Bonchev–Trinajstić information content (AvgIpc) is 3.29. The smallest absolute Gasteiger partial charge is 0.329 e. The number of hydrogen-bond acceptors (Lipinski definition) is 2. The number of amides is 2. The summed E-state index contributed by atoms with van der Waals surface area (Å²) >= 11 is 0. The highest BCUT2D eigenvalue weighted by Gasteiger charge is 2.45. The predicted molar refractivity (Wildman–Crippen MR) is 74.4 cm³/mol. The lowest BCUT2D eigenvalue weighted by atomic mass is 9.82. The van der Waals surface area contributed by atoms with Crippen molar-refractivity contribution in [3.63, 3.8) is 0 Å². The number of carboxylic acid groups (broad SMARTS) is 1. The zero-order valence-electron chi connectivity index (χ0n) is 11.9. The van der Waals surface area contributed by atoms with Crippen LogP contribution in [0.15, 0.2) is 0 Å². The van der Waals surface area contributed by atoms with Gasteiger partial charge in [0.05, 0.1) is 0 Å². The van der Waals surface area contributed by atoms with E-state index in [2.05, 4.69) is 10.6 Å². The predicted octanol–water partition coefficient (Wildman–Crippen LogP) is 2.26. The van der Waals surface area contributed by atoms with E-state index in [-0.39, 0.29) is 12.1 Å². The molecule has 0 saturated heterocycles. The van der Waals surface area contributed by atoms with Gasteiger partial charge in [0.2, 0.25) is 0 Å². The van der Waals surface area contributed by atoms with Gasteiger partial charge < -0.3 is 15.7 Å². The van der Waals surface area contributed by atoms with Crippen LogP contribution >= 0.6 is 0 Å². The Morgan fingerprint density at radius 3 is 2.00 bits per heavy atom. The van der Waals surface area contributed by atoms with Crippen molar-refractivity contribution in [3.05, 3.63) is 0 Å². The van der Waals surface area contributed by atoms with Crippen molar-refractivity contribution in [2.24, 2.45) is 11.8 Å². The van der Waals surface area contributed by atoms with Crippen molar-refractivity contribution in [1.82, 2.24) is 10.6 Å². The molecule has 112 valence electrons. The molecule has 20 heavy (non-hydrogen) atoms. The van der Waals surface area contributed by atoms with Gasteiger partial charge in [-0.2, -0.15) is 0 Å². The van der Waals surface area contributed by atoms with Crippen LogP contribution in [0.1, 0.15) is 57.8 Å². The van der Waals surface area contributed by atoms with E-state index in [0.29, 0.717) is 24.7 Å². The van der Waals surface area contributed by atoms with Gasteiger partial charge in [-0.3, -0.25) is 0 Å². The van der Waals surface area contributed by atoms with Crippen LogP contribution in [-0.4, -0.2) is 28.7 Å². The summed E-state index contributed by atoms with van der Waals surface area (Å²) in [4.78, 5) is 23.8. The summed E-state index contributed by atoms with van der Waals surface area (Å²) < 4.78 is 0. The maximum Gasteiger partial charge on any atom is 0.329 e. The summed E-state index contributed by atoms with van der Waals surface area (Å²) in [5.41, 5.74) is -1.04. The molecule has 0 aliphatic heterocycles. The largest absolute Gasteiger partial charge is 0.480 e. The van der Waals surface area contributed by atoms with E-state index in [1.807, 2.05) is 0 Å². The van der Waals surface area contributed by atoms with Gasteiger partial charge in [-0.15, -0.1) is 0 Å². The molecule has 5 nitrogen and oxygen atoms in total. The van der Waals surface area contributed by atoms with Crippen molar-refractivity contribution in [2.45, 2.75) is 69.4 Å². The monoisotopic (exact) mass is 280 g/mol. The Bertz CT molecular complexity index is 384. The van der Waals surface area contributed by atoms with E-state index < -0.39 is 11.5 Å². The van der Waals surface area contributed by atoms with Crippen LogP contribution in [0.5, 0.6) is 0 Å². The van der Waals surface area contributed by atoms with Crippen molar-refractivity contribution >= 4 is 12.0 Å². The van der Waals surface area contributed by atoms with Gasteiger partial charge in [-0.25, -0.2) is 9.59 Å². The number of carbonyl (C=O) groups is 2. The van der Waals surface area contributed by atoms with Crippen molar-refractivity contribution in [2.75, 3.05) is 0 Å². The maximum atomic E-state index is 12.2. The molecule has 3 aliphatic carbocycles. The zero-order valence-corrected chi connectivity index (χ0v) is 11.9. The quantitative estimate of drug-likeness (QED) is 0.723. The first-order valence-electron chi connectivity index (χ1n) is 7.93. The number of nitrogens with one attached hydrogen (secondary N) is 2. The minimum atomic E-state index is -1.04. The second-order valence-corrected chi connectivity index (χ2v) is 6.75. The van der Waals surface area contributed by atoms with E-state index in [9.17, 15) is 14.7 Å². The van der Waals surface area contributed by atoms with Crippen LogP contribution in [0.4, 0.5) is 4.79 Å². The summed E-state index contributed by atoms with van der Waals surface area (Å²) in [6.45, 7) is 0. The number of carbonyl (C=O) groups excluding carboxylic acids is 1. The van der Waals surface area contributed by atoms with E-state index in [4.69, 9.17) is 0 Å². The van der Waals surface area contributed by atoms with E-state index >= 15 is 0 Å². The third-order valence-corrected chi connectivity index (χ3v) is 5.03. The van der Waals surface area contributed by atoms with Gasteiger partial charge >= 0.3 is 12.0 Å². The lowest BCUT2D eigenvalue weighted by Gasteiger charge is -2.34. The molecular formula is C15H24N2O3. The van der Waals surface area contributed by atoms with Crippen LogP contribution in [0, 0.1) is 11.8 Å². The number of rotatable bonds is 5. The first kappa shape index (κ1) is 13.7. The molecule has 0 bridgehead atoms. The van der Waals surface area contributed by atoms with Crippen LogP contribution in [0.2, 0.25) is 0 Å². The fourth-order valence-corrected chi connectivity index (χ4v) is 3.48. The minimum Gasteiger partial charge on any atom is -0.480 e. The Hall–Kier alpha value is -1.26. The minimum absolute atomic E-state index is 0.268. The summed E-state index contributed by atoms with van der Waals surface area (Å²) in [7, 11) is 0. The molecule has 3 aliphatic rings. The van der Waals surface area contributed by atoms with Gasteiger partial charge in [0, 0.05) is 6.04 Å². The normalized spacial score (nSPS) is 25.2. The molecule has 0 radical (unpaired) electrons. The topological polar surface area (TPSA) is 78.4 Å². The highest BCUT2D eigenvalue weighted by Crippen LogP contribution is 2.44. The molecule has 3 rings (SSSR count). The number of aliphatic carboxylic acids is 1. The maximum absolute atomic E-state index is 12.2. The fourth-order valence-electron chi connectivity index (χ4n) is 3.48. The molecule has 0 atom stereocenters. The molecule has 0 spiro atoms. The van der Waals surface area contributed by atoms with Crippen molar-refractivity contribution in [3.8, 4) is 0 Å². The second kappa shape index (κ2) is 5.26. The molecule has 0 aromatic heterocycles. The van der Waals surface area contributed by atoms with Crippen LogP contribution < -0.4 is 10.6 Å². The first-order chi connectivity index (χ1) is 9.61. The van der Waals surface area contributed by atoms with Gasteiger partial charge in [0.25, 0.3) is 0 Å². The van der Waals surface area contributed by atoms with Gasteiger partial charge in [0.15, 0.2) is 0 Å². The summed E-state index contributed by atoms with van der Waals surface area (Å²) in [5.74, 6) is 0.363. The Morgan fingerprint density at radius 2 is 1.55 bits per heavy atom. The Kier molecular flexibility index (Phi) is 3.61. The van der Waals surface area contributed by atoms with Crippen LogP contribution in [-0.2, 0) is 4.79 Å². The fraction of sp³-hybridized carbons (Fsp3) is 0.867. The van der Waals surface area contributed by atoms with Gasteiger partial charge in [-0.05, 0) is 50.4 Å². The second-order valence-electron chi connectivity index (χ2n) is 6.75. The highest BCUT2D eigenvalue weighted by atomic mass is 16.4. The number of carboxylic acids is 1. The summed E-state index contributed by atoms with van der Waals surface area (Å²) in [6, 6.07) is -0.0115. The Balaban J connectivity index is 1.59. The third-order valence-electron chi connectivity index (χ3n) is 5.03. The standard InChI is InChI=1S/C15H24N2O3/c18-13(19)15(8-2-1-3-9-15)17-14(20)16-12(10-4-5-10)11-6-7-11/h10-12H,1-9H2,(H,18,19)(H2,16,17,20). The van der Waals surface area contributed by atoms with E-state index in [1.54, 1.807) is 0 Å². The molecule has 0 unspecified atom stereocenters. The lowest BCUT2D eigenvalue weighted by molar-refractivity contribution is -0.145. The molecule has 0 aromatic rings. The zero-order chi connectivity index (χ0) is 14.2. The van der Waals surface area contributed by atoms with Crippen molar-refractivity contribution < 1.29 is 14.7 Å². The highest BCUT2D eigenvalue weighted by molar-refractivity contribution is 5.86. The molecule has 5 heteroatoms. The van der Waals surface area contributed by atoms with Crippen molar-refractivity contribution in [1.29, 1.82) is 0 Å². The van der Waals surface area contributed by atoms with E-state index in [0.717, 1.165) is 19.3 Å². The van der Waals surface area contributed by atoms with Gasteiger partial charge in [0.1, 0.15) is 5.54 Å². The Morgan fingerprint density at radius 1 is 1.00 bits per heavy atom. The summed E-state index contributed by atoms with van der Waals surface area (Å²) in [6.07, 6.45) is 8.71. The molecule has 3 N–H and O–H groups in total. The SMILES string of the molecule is O=C(NC(C1CC1)C1CC1)NC1(C(=O)O)CCCCC1. The molecule has 2 amide bonds. The number of urea groups is 1. The third kappa shape index (κ3) is 2.91. The lowest BCUT2D eigenvalue weighted by Crippen LogP contribution is -2.59. The molecule has 0 heterocycles. The molecule has 3 saturated carbocycles. The van der Waals surface area contributed by atoms with Crippen LogP contribution in [0.25, 0.3) is 0 Å². The molecule has 3 fully saturated rings. The molecule has 0 aromatic carbocycles. The first-order valence-corrected chi connectivity index (χ1v) is 7.93. The van der Waals surface area contributed by atoms with Gasteiger partial charge in [-0.1, -0.05) is 19.3 Å². The van der Waals surface area contributed by atoms with E-state index in [1.165, 1.54) is 25.7 Å². The summed E-state index contributed by atoms with van der Waals surface area (Å²) in [5, 5.41) is 15.3. The van der Waals surface area contributed by atoms with Crippen LogP contribution in [0.3, 0.4) is 0 Å². The average molecular weight is 280 g/mol.